The number of benzene rings is 1. The van der Waals surface area contributed by atoms with Gasteiger partial charge in [-0.2, -0.15) is 10.5 Å². The molecular formula is C19H13N5O. The Morgan fingerprint density at radius 3 is 2.12 bits per heavy atom. The maximum absolute atomic E-state index is 9.75. The second-order valence-corrected chi connectivity index (χ2v) is 5.16. The van der Waals surface area contributed by atoms with Crippen molar-refractivity contribution in [1.82, 2.24) is 9.97 Å². The van der Waals surface area contributed by atoms with Crippen LogP contribution in [0.3, 0.4) is 0 Å². The molecule has 0 fully saturated rings. The molecule has 2 aromatic heterocycles. The lowest BCUT2D eigenvalue weighted by Crippen LogP contribution is -2.04. The van der Waals surface area contributed by atoms with Crippen LogP contribution in [0.4, 0.5) is 5.82 Å². The van der Waals surface area contributed by atoms with Crippen LogP contribution < -0.4 is 10.5 Å². The molecule has 0 aliphatic rings. The van der Waals surface area contributed by atoms with E-state index in [4.69, 9.17) is 10.5 Å². The van der Waals surface area contributed by atoms with E-state index in [1.165, 1.54) is 0 Å². The van der Waals surface area contributed by atoms with Gasteiger partial charge < -0.3 is 10.5 Å². The van der Waals surface area contributed by atoms with E-state index in [0.717, 1.165) is 0 Å². The average Bonchev–Trinajstić information content (AvgIpc) is 2.68. The monoisotopic (exact) mass is 327 g/mol. The highest BCUT2D eigenvalue weighted by atomic mass is 16.5. The molecule has 2 heterocycles. The maximum Gasteiger partial charge on any atom is 0.142 e. The third kappa shape index (κ3) is 2.85. The zero-order chi connectivity index (χ0) is 17.8. The molecule has 0 bridgehead atoms. The number of nitriles is 2. The molecule has 0 unspecified atom stereocenters. The minimum atomic E-state index is 0.0825. The number of ether oxygens (including phenoxy) is 1. The van der Waals surface area contributed by atoms with Crippen molar-refractivity contribution < 1.29 is 4.74 Å². The summed E-state index contributed by atoms with van der Waals surface area (Å²) in [5.74, 6) is 0.760. The number of pyridine rings is 2. The quantitative estimate of drug-likeness (QED) is 0.791. The molecule has 120 valence electrons. The molecule has 0 amide bonds. The first-order valence-corrected chi connectivity index (χ1v) is 7.38. The smallest absolute Gasteiger partial charge is 0.142 e. The lowest BCUT2D eigenvalue weighted by molar-refractivity contribution is 0.415. The van der Waals surface area contributed by atoms with Crippen molar-refractivity contribution >= 4 is 5.82 Å². The van der Waals surface area contributed by atoms with E-state index in [2.05, 4.69) is 22.1 Å². The minimum Gasteiger partial charge on any atom is -0.497 e. The molecule has 0 saturated carbocycles. The van der Waals surface area contributed by atoms with Crippen LogP contribution in [-0.4, -0.2) is 17.1 Å². The van der Waals surface area contributed by atoms with E-state index < -0.39 is 0 Å². The van der Waals surface area contributed by atoms with Gasteiger partial charge in [0.1, 0.15) is 29.3 Å². The molecule has 3 rings (SSSR count). The van der Waals surface area contributed by atoms with E-state index in [-0.39, 0.29) is 11.4 Å². The Kier molecular flexibility index (Phi) is 4.28. The molecular weight excluding hydrogens is 314 g/mol. The Bertz CT molecular complexity index is 999. The fraction of sp³-hybridized carbons (Fsp3) is 0.0526. The molecule has 3 aromatic rings. The lowest BCUT2D eigenvalue weighted by Gasteiger charge is -2.13. The molecule has 2 N–H and O–H groups in total. The Morgan fingerprint density at radius 2 is 1.56 bits per heavy atom. The molecule has 25 heavy (non-hydrogen) atoms. The normalized spacial score (nSPS) is 9.88. The molecule has 0 spiro atoms. The summed E-state index contributed by atoms with van der Waals surface area (Å²) in [7, 11) is 1.57. The Balaban J connectivity index is 2.34. The number of hydrogen-bond acceptors (Lipinski definition) is 6. The number of rotatable bonds is 3. The molecule has 0 aliphatic carbocycles. The number of nitrogens with zero attached hydrogens (tertiary/aromatic N) is 4. The molecule has 6 nitrogen and oxygen atoms in total. The molecule has 0 radical (unpaired) electrons. The Hall–Kier alpha value is -3.90. The van der Waals surface area contributed by atoms with Crippen LogP contribution in [0, 0.1) is 22.7 Å². The minimum absolute atomic E-state index is 0.0825. The lowest BCUT2D eigenvalue weighted by atomic mass is 9.93. The van der Waals surface area contributed by atoms with Crippen molar-refractivity contribution in [1.29, 1.82) is 10.5 Å². The van der Waals surface area contributed by atoms with E-state index in [1.807, 2.05) is 0 Å². The van der Waals surface area contributed by atoms with E-state index >= 15 is 0 Å². The van der Waals surface area contributed by atoms with Gasteiger partial charge in [0.25, 0.3) is 0 Å². The van der Waals surface area contributed by atoms with Crippen LogP contribution in [-0.2, 0) is 0 Å². The van der Waals surface area contributed by atoms with Gasteiger partial charge in [0.15, 0.2) is 0 Å². The zero-order valence-electron chi connectivity index (χ0n) is 13.4. The SMILES string of the molecule is COc1ccc(-c2c(C#N)c(N)nc(-c3ccncc3)c2C#N)cc1. The van der Waals surface area contributed by atoms with Gasteiger partial charge in [0.2, 0.25) is 0 Å². The second kappa shape index (κ2) is 6.69. The van der Waals surface area contributed by atoms with Gasteiger partial charge in [-0.05, 0) is 29.8 Å². The summed E-state index contributed by atoms with van der Waals surface area (Å²) < 4.78 is 5.16. The van der Waals surface area contributed by atoms with Crippen LogP contribution in [0.1, 0.15) is 11.1 Å². The first kappa shape index (κ1) is 16.0. The van der Waals surface area contributed by atoms with Crippen LogP contribution in [0.2, 0.25) is 0 Å². The highest BCUT2D eigenvalue weighted by Gasteiger charge is 2.21. The summed E-state index contributed by atoms with van der Waals surface area (Å²) in [5.41, 5.74) is 8.76. The number of nitrogens with two attached hydrogens (primary N) is 1. The first-order chi connectivity index (χ1) is 12.2. The van der Waals surface area contributed by atoms with Crippen LogP contribution in [0.5, 0.6) is 5.75 Å². The number of hydrogen-bond donors (Lipinski definition) is 1. The molecule has 0 saturated heterocycles. The summed E-state index contributed by atoms with van der Waals surface area (Å²) in [4.78, 5) is 8.26. The molecule has 1 aromatic carbocycles. The summed E-state index contributed by atoms with van der Waals surface area (Å²) in [6.07, 6.45) is 3.22. The van der Waals surface area contributed by atoms with Gasteiger partial charge in [0, 0.05) is 23.5 Å². The fourth-order valence-electron chi connectivity index (χ4n) is 2.59. The molecule has 0 aliphatic heterocycles. The molecule has 0 atom stereocenters. The number of methoxy groups -OCH3 is 1. The van der Waals surface area contributed by atoms with Crippen molar-refractivity contribution in [2.75, 3.05) is 12.8 Å². The summed E-state index contributed by atoms with van der Waals surface area (Å²) in [5, 5.41) is 19.3. The highest BCUT2D eigenvalue weighted by Crippen LogP contribution is 2.36. The van der Waals surface area contributed by atoms with Crippen LogP contribution in [0.25, 0.3) is 22.4 Å². The Labute approximate surface area is 144 Å². The van der Waals surface area contributed by atoms with Gasteiger partial charge in [-0.25, -0.2) is 4.98 Å². The van der Waals surface area contributed by atoms with Gasteiger partial charge in [0.05, 0.1) is 18.4 Å². The predicted molar refractivity (Wildman–Crippen MR) is 93.3 cm³/mol. The Morgan fingerprint density at radius 1 is 0.920 bits per heavy atom. The maximum atomic E-state index is 9.75. The third-order valence-corrected chi connectivity index (χ3v) is 3.78. The van der Waals surface area contributed by atoms with Crippen LogP contribution in [0.15, 0.2) is 48.8 Å². The second-order valence-electron chi connectivity index (χ2n) is 5.16. The van der Waals surface area contributed by atoms with Crippen LogP contribution >= 0.6 is 0 Å². The number of aromatic nitrogens is 2. The third-order valence-electron chi connectivity index (χ3n) is 3.78. The van der Waals surface area contributed by atoms with E-state index in [0.29, 0.717) is 33.7 Å². The predicted octanol–water partition coefficient (Wildman–Crippen LogP) is 3.14. The fourth-order valence-corrected chi connectivity index (χ4v) is 2.59. The summed E-state index contributed by atoms with van der Waals surface area (Å²) in [6, 6.07) is 14.8. The zero-order valence-corrected chi connectivity index (χ0v) is 13.4. The van der Waals surface area contributed by atoms with Gasteiger partial charge >= 0.3 is 0 Å². The van der Waals surface area contributed by atoms with Gasteiger partial charge in [-0.15, -0.1) is 0 Å². The van der Waals surface area contributed by atoms with Crippen molar-refractivity contribution in [3.63, 3.8) is 0 Å². The van der Waals surface area contributed by atoms with Crippen molar-refractivity contribution in [3.05, 3.63) is 59.9 Å². The van der Waals surface area contributed by atoms with Crippen molar-refractivity contribution in [2.24, 2.45) is 0 Å². The van der Waals surface area contributed by atoms with Gasteiger partial charge in [-0.3, -0.25) is 4.98 Å². The topological polar surface area (TPSA) is 109 Å². The average molecular weight is 327 g/mol. The standard InChI is InChI=1S/C19H13N5O/c1-25-14-4-2-12(3-5-14)17-15(10-20)18(13-6-8-23-9-7-13)24-19(22)16(17)11-21/h2-9H,1H3,(H2,22,24). The summed E-state index contributed by atoms with van der Waals surface area (Å²) >= 11 is 0. The molecule has 6 heteroatoms. The summed E-state index contributed by atoms with van der Waals surface area (Å²) in [6.45, 7) is 0. The van der Waals surface area contributed by atoms with Gasteiger partial charge in [-0.1, -0.05) is 12.1 Å². The van der Waals surface area contributed by atoms with E-state index in [9.17, 15) is 10.5 Å². The van der Waals surface area contributed by atoms with E-state index in [1.54, 1.807) is 55.9 Å². The van der Waals surface area contributed by atoms with Crippen molar-refractivity contribution in [2.45, 2.75) is 0 Å². The number of nitrogen functional groups attached to an aromatic ring is 1. The largest absolute Gasteiger partial charge is 0.497 e. The first-order valence-electron chi connectivity index (χ1n) is 7.38. The van der Waals surface area contributed by atoms with Crippen molar-refractivity contribution in [3.8, 4) is 40.3 Å². The number of anilines is 1. The highest BCUT2D eigenvalue weighted by molar-refractivity contribution is 5.87.